The lowest BCUT2D eigenvalue weighted by Crippen LogP contribution is -2.63. The number of hydrogen-bond acceptors (Lipinski definition) is 13. The van der Waals surface area contributed by atoms with Crippen molar-refractivity contribution in [3.8, 4) is 5.75 Å². The van der Waals surface area contributed by atoms with E-state index in [1.54, 1.807) is 50.8 Å². The molecule has 3 aliphatic heterocycles. The number of hydrogen-bond donors (Lipinski definition) is 4. The summed E-state index contributed by atoms with van der Waals surface area (Å²) in [5.74, 6) is -0.756. The zero-order chi connectivity index (χ0) is 42.5. The summed E-state index contributed by atoms with van der Waals surface area (Å²) in [7, 11) is 7.94. The summed E-state index contributed by atoms with van der Waals surface area (Å²) >= 11 is 6.80. The number of carbonyl (C=O) groups excluding carboxylic acids is 3. The van der Waals surface area contributed by atoms with Crippen LogP contribution in [0.5, 0.6) is 5.75 Å². The molecule has 1 aromatic carbocycles. The van der Waals surface area contributed by atoms with Gasteiger partial charge < -0.3 is 49.0 Å². The van der Waals surface area contributed by atoms with Crippen molar-refractivity contribution >= 4 is 35.2 Å². The molecule has 320 valence electrons. The largest absolute Gasteiger partial charge is 0.495 e. The third kappa shape index (κ3) is 10.2. The molecule has 9 atom stereocenters. The van der Waals surface area contributed by atoms with Crippen molar-refractivity contribution in [1.82, 2.24) is 30.5 Å². The lowest BCUT2D eigenvalue weighted by Gasteiger charge is -2.42. The number of aryl methyl sites for hydroxylation is 1. The van der Waals surface area contributed by atoms with E-state index < -0.39 is 66.0 Å². The van der Waals surface area contributed by atoms with E-state index in [0.29, 0.717) is 37.4 Å². The standard InChI is InChI=1S/C40H58ClN7O10/c1-23-12-10-13-31(55-9)40(53)20-30(56-38(52)43-40)24(2)36-39(4,58-36)32(19-34(50)47(7)28-17-26(16-23)18-29(54-8)35(28)41)57-37(51)25(3)46(6)33(49)14-11-15-48-22-27(21-42-5)44-45-48/h10,12-13,17-18,22,24-25,30-32,36-37,42,51,53H,11,14-16,19-21H2,1-9H3,(H,43,52)/b13-10+,23-12+/t24-,25+,30+,31-,32+,36+,37?,39+,40+/m1/s1. The highest BCUT2D eigenvalue weighted by Crippen LogP contribution is 2.49. The van der Waals surface area contributed by atoms with E-state index >= 15 is 0 Å². The Morgan fingerprint density at radius 1 is 1.28 bits per heavy atom. The van der Waals surface area contributed by atoms with Gasteiger partial charge in [-0.3, -0.25) is 19.6 Å². The van der Waals surface area contributed by atoms with Crippen LogP contribution in [-0.2, 0) is 48.0 Å². The molecule has 4 heterocycles. The third-order valence-corrected chi connectivity index (χ3v) is 11.8. The number of amides is 3. The molecule has 2 saturated heterocycles. The number of halogens is 1. The molecule has 2 fully saturated rings. The predicted molar refractivity (Wildman–Crippen MR) is 214 cm³/mol. The van der Waals surface area contributed by atoms with Crippen LogP contribution in [-0.4, -0.2) is 131 Å². The average molecular weight is 832 g/mol. The van der Waals surface area contributed by atoms with Gasteiger partial charge in [-0.2, -0.15) is 0 Å². The average Bonchev–Trinajstić information content (AvgIpc) is 3.68. The van der Waals surface area contributed by atoms with E-state index in [1.165, 1.54) is 24.0 Å². The Morgan fingerprint density at radius 3 is 2.71 bits per heavy atom. The Balaban J connectivity index is 1.42. The maximum Gasteiger partial charge on any atom is 0.409 e. The first kappa shape index (κ1) is 45.0. The molecule has 4 N–H and O–H groups in total. The fraction of sp³-hybridized carbons (Fsp3) is 0.625. The monoisotopic (exact) mass is 831 g/mol. The fourth-order valence-corrected chi connectivity index (χ4v) is 7.92. The van der Waals surface area contributed by atoms with Crippen LogP contribution in [0.2, 0.25) is 5.02 Å². The lowest BCUT2D eigenvalue weighted by atomic mass is 9.83. The van der Waals surface area contributed by atoms with Crippen LogP contribution in [0.3, 0.4) is 0 Å². The molecule has 4 bridgehead atoms. The van der Waals surface area contributed by atoms with Gasteiger partial charge in [-0.1, -0.05) is 47.5 Å². The van der Waals surface area contributed by atoms with Gasteiger partial charge in [-0.15, -0.1) is 5.10 Å². The summed E-state index contributed by atoms with van der Waals surface area (Å²) in [6.07, 6.45) is 2.10. The van der Waals surface area contributed by atoms with Crippen LogP contribution in [0, 0.1) is 5.92 Å². The number of rotatable bonds is 12. The van der Waals surface area contributed by atoms with Crippen LogP contribution in [0.4, 0.5) is 10.5 Å². The fourth-order valence-electron chi connectivity index (χ4n) is 7.61. The molecule has 2 aromatic rings. The first-order valence-corrected chi connectivity index (χ1v) is 19.8. The summed E-state index contributed by atoms with van der Waals surface area (Å²) < 4.78 is 31.3. The molecule has 17 nitrogen and oxygen atoms in total. The molecule has 1 unspecified atom stereocenters. The highest BCUT2D eigenvalue weighted by Gasteiger charge is 2.64. The number of epoxide rings is 1. The Kier molecular flexibility index (Phi) is 14.6. The molecular formula is C40H58ClN7O10. The Bertz CT molecular complexity index is 1860. The van der Waals surface area contributed by atoms with E-state index in [1.807, 2.05) is 39.2 Å². The quantitative estimate of drug-likeness (QED) is 0.180. The van der Waals surface area contributed by atoms with Crippen LogP contribution >= 0.6 is 11.6 Å². The Labute approximate surface area is 344 Å². The van der Waals surface area contributed by atoms with Gasteiger partial charge in [-0.25, -0.2) is 4.79 Å². The molecule has 0 saturated carbocycles. The van der Waals surface area contributed by atoms with Gasteiger partial charge in [0.2, 0.25) is 11.8 Å². The number of carbonyl (C=O) groups is 3. The lowest BCUT2D eigenvalue weighted by molar-refractivity contribution is -0.186. The number of ether oxygens (including phenoxy) is 5. The summed E-state index contributed by atoms with van der Waals surface area (Å²) in [4.78, 5) is 43.3. The van der Waals surface area contributed by atoms with Crippen LogP contribution < -0.4 is 20.3 Å². The normalized spacial score (nSPS) is 30.2. The highest BCUT2D eigenvalue weighted by molar-refractivity contribution is 6.35. The summed E-state index contributed by atoms with van der Waals surface area (Å²) in [5, 5.41) is 37.3. The van der Waals surface area contributed by atoms with Crippen LogP contribution in [0.15, 0.2) is 42.1 Å². The number of aliphatic hydroxyl groups is 2. The van der Waals surface area contributed by atoms with Gasteiger partial charge in [0, 0.05) is 59.3 Å². The van der Waals surface area contributed by atoms with E-state index in [2.05, 4.69) is 20.9 Å². The maximum absolute atomic E-state index is 14.3. The predicted octanol–water partition coefficient (Wildman–Crippen LogP) is 3.10. The minimum Gasteiger partial charge on any atom is -0.495 e. The second-order valence-corrected chi connectivity index (χ2v) is 16.0. The highest BCUT2D eigenvalue weighted by atomic mass is 35.5. The number of aliphatic hydroxyl groups excluding tert-OH is 1. The first-order valence-electron chi connectivity index (χ1n) is 19.5. The van der Waals surface area contributed by atoms with Crippen molar-refractivity contribution in [1.29, 1.82) is 0 Å². The van der Waals surface area contributed by atoms with Crippen molar-refractivity contribution < 1.29 is 48.3 Å². The van der Waals surface area contributed by atoms with Gasteiger partial charge >= 0.3 is 6.09 Å². The molecule has 5 rings (SSSR count). The second kappa shape index (κ2) is 18.9. The van der Waals surface area contributed by atoms with E-state index in [0.717, 1.165) is 16.8 Å². The smallest absolute Gasteiger partial charge is 0.409 e. The number of alkyl carbamates (subject to hydrolysis) is 1. The molecule has 0 radical (unpaired) electrons. The Morgan fingerprint density at radius 2 is 2.02 bits per heavy atom. The van der Waals surface area contributed by atoms with Crippen molar-refractivity contribution in [3.63, 3.8) is 0 Å². The van der Waals surface area contributed by atoms with Gasteiger partial charge in [0.1, 0.15) is 34.7 Å². The number of anilines is 1. The number of allylic oxidation sites excluding steroid dienone is 3. The zero-order valence-electron chi connectivity index (χ0n) is 34.7. The molecule has 3 amide bonds. The van der Waals surface area contributed by atoms with Crippen molar-refractivity contribution in [2.45, 2.75) is 121 Å². The van der Waals surface area contributed by atoms with E-state index in [4.69, 9.17) is 35.3 Å². The first-order chi connectivity index (χ1) is 27.4. The number of methoxy groups -OCH3 is 2. The number of aromatic nitrogens is 3. The second-order valence-electron chi connectivity index (χ2n) is 15.7. The van der Waals surface area contributed by atoms with Crippen molar-refractivity contribution in [2.24, 2.45) is 5.92 Å². The third-order valence-electron chi connectivity index (χ3n) is 11.4. The number of nitrogens with one attached hydrogen (secondary N) is 2. The van der Waals surface area contributed by atoms with Gasteiger partial charge in [0.25, 0.3) is 0 Å². The summed E-state index contributed by atoms with van der Waals surface area (Å²) in [6.45, 7) is 8.23. The zero-order valence-corrected chi connectivity index (χ0v) is 35.5. The molecule has 3 aliphatic rings. The molecule has 58 heavy (non-hydrogen) atoms. The van der Waals surface area contributed by atoms with Gasteiger partial charge in [-0.05, 0) is 58.4 Å². The van der Waals surface area contributed by atoms with Gasteiger partial charge in [0.05, 0.1) is 37.1 Å². The molecule has 0 aliphatic carbocycles. The minimum absolute atomic E-state index is 0.0424. The van der Waals surface area contributed by atoms with Gasteiger partial charge in [0.15, 0.2) is 12.0 Å². The van der Waals surface area contributed by atoms with Crippen LogP contribution in [0.1, 0.15) is 64.6 Å². The van der Waals surface area contributed by atoms with Crippen LogP contribution in [0.25, 0.3) is 0 Å². The van der Waals surface area contributed by atoms with E-state index in [9.17, 15) is 24.6 Å². The number of benzene rings is 1. The van der Waals surface area contributed by atoms with Crippen molar-refractivity contribution in [2.75, 3.05) is 40.3 Å². The molecule has 0 spiro atoms. The van der Waals surface area contributed by atoms with E-state index in [-0.39, 0.29) is 30.2 Å². The summed E-state index contributed by atoms with van der Waals surface area (Å²) in [6, 6.07) is 2.79. The maximum atomic E-state index is 14.3. The SMILES string of the molecule is CNCc1cn(CCCC(=O)N(C)[C@@H](C)C(O)O[C@H]2CC(=O)N(C)c3cc(cc(OC)c3Cl)C/C(C)=C/C=C/[C@@H](OC)[C@@]3(O)C[C@H](OC(=O)N3)[C@@H](C)[C@@H]3O[C@@]23C)nn1. The summed E-state index contributed by atoms with van der Waals surface area (Å²) in [5.41, 5.74) is -0.0543. The number of nitrogens with zero attached hydrogens (tertiary/aromatic N) is 5. The number of likely N-dealkylation sites (N-methyl/N-ethyl adjacent to an activating group) is 1. The molecular weight excluding hydrogens is 774 g/mol. The molecule has 1 aromatic heterocycles. The molecule has 18 heteroatoms. The number of fused-ring (bicyclic) bond motifs is 5. The van der Waals surface area contributed by atoms with Crippen molar-refractivity contribution in [3.05, 3.63) is 58.4 Å². The topological polar surface area (TPSA) is 202 Å². The Hall–Kier alpha value is -4.10. The minimum atomic E-state index is -1.82.